The molecule has 0 atom stereocenters. The second-order valence-corrected chi connectivity index (χ2v) is 5.72. The molecule has 0 unspecified atom stereocenters. The van der Waals surface area contributed by atoms with Gasteiger partial charge in [0.2, 0.25) is 5.75 Å². The molecule has 3 rings (SSSR count). The minimum Gasteiger partial charge on any atom is -0.493 e. The number of aromatic amines is 1. The summed E-state index contributed by atoms with van der Waals surface area (Å²) in [6.07, 6.45) is 3.49. The molecule has 0 saturated carbocycles. The lowest BCUT2D eigenvalue weighted by Gasteiger charge is -2.13. The third kappa shape index (κ3) is 3.68. The number of H-pyrrole nitrogens is 1. The summed E-state index contributed by atoms with van der Waals surface area (Å²) in [7, 11) is 4.82. The second-order valence-electron chi connectivity index (χ2n) is 4.76. The fourth-order valence-electron chi connectivity index (χ4n) is 2.27. The Balaban J connectivity index is 0.00000208. The molecule has 128 valence electrons. The van der Waals surface area contributed by atoms with E-state index in [2.05, 4.69) is 15.0 Å². The molecule has 0 fully saturated rings. The van der Waals surface area contributed by atoms with E-state index < -0.39 is 0 Å². The fraction of sp³-hybridized carbons (Fsp3) is 0.250. The summed E-state index contributed by atoms with van der Waals surface area (Å²) in [6.45, 7) is 0. The molecule has 0 bridgehead atoms. The Kier molecular flexibility index (Phi) is 6.16. The van der Waals surface area contributed by atoms with Crippen molar-refractivity contribution in [1.82, 2.24) is 15.0 Å². The molecule has 0 aliphatic heterocycles. The van der Waals surface area contributed by atoms with Crippen LogP contribution >= 0.6 is 24.2 Å². The minimum atomic E-state index is 0. The molecule has 0 amide bonds. The number of rotatable bonds is 6. The number of ether oxygens (including phenoxy) is 3. The predicted molar refractivity (Wildman–Crippen MR) is 96.8 cm³/mol. The maximum Gasteiger partial charge on any atom is 0.203 e. The number of imidazole rings is 1. The smallest absolute Gasteiger partial charge is 0.203 e. The van der Waals surface area contributed by atoms with Gasteiger partial charge in [0, 0.05) is 11.9 Å². The van der Waals surface area contributed by atoms with Gasteiger partial charge in [0.15, 0.2) is 16.7 Å². The Bertz CT molecular complexity index is 767. The predicted octanol–water partition coefficient (Wildman–Crippen LogP) is 3.70. The van der Waals surface area contributed by atoms with Crippen molar-refractivity contribution in [3.8, 4) is 17.2 Å². The SMILES string of the molecule is COc1cc(CSc2nc3cnccc3[nH]2)cc(OC)c1OC.Cl. The molecular formula is C16H18ClN3O3S. The summed E-state index contributed by atoms with van der Waals surface area (Å²) in [6, 6.07) is 5.79. The van der Waals surface area contributed by atoms with Crippen LogP contribution in [0, 0.1) is 0 Å². The van der Waals surface area contributed by atoms with Gasteiger partial charge in [0.25, 0.3) is 0 Å². The first-order chi connectivity index (χ1) is 11.2. The lowest BCUT2D eigenvalue weighted by molar-refractivity contribution is 0.324. The van der Waals surface area contributed by atoms with Crippen LogP contribution in [0.15, 0.2) is 35.7 Å². The fourth-order valence-corrected chi connectivity index (χ4v) is 3.09. The van der Waals surface area contributed by atoms with Crippen LogP contribution in [0.1, 0.15) is 5.56 Å². The molecule has 0 aliphatic carbocycles. The Morgan fingerprint density at radius 2 is 1.79 bits per heavy atom. The topological polar surface area (TPSA) is 69.3 Å². The van der Waals surface area contributed by atoms with Gasteiger partial charge < -0.3 is 19.2 Å². The van der Waals surface area contributed by atoms with E-state index in [1.165, 1.54) is 0 Å². The van der Waals surface area contributed by atoms with Crippen LogP contribution in [0.3, 0.4) is 0 Å². The number of nitrogens with one attached hydrogen (secondary N) is 1. The molecule has 2 heterocycles. The molecule has 8 heteroatoms. The molecule has 24 heavy (non-hydrogen) atoms. The first kappa shape index (κ1) is 18.2. The second kappa shape index (κ2) is 8.12. The highest BCUT2D eigenvalue weighted by Crippen LogP contribution is 2.39. The highest BCUT2D eigenvalue weighted by Gasteiger charge is 2.13. The van der Waals surface area contributed by atoms with Crippen molar-refractivity contribution in [2.45, 2.75) is 10.9 Å². The normalized spacial score (nSPS) is 10.3. The standard InChI is InChI=1S/C16H17N3O3S.ClH/c1-20-13-6-10(7-14(21-2)15(13)22-3)9-23-16-18-11-4-5-17-8-12(11)19-16;/h4-8H,9H2,1-3H3,(H,18,19);1H. The van der Waals surface area contributed by atoms with E-state index in [0.29, 0.717) is 17.2 Å². The number of benzene rings is 1. The number of hydrogen-bond donors (Lipinski definition) is 1. The molecule has 3 aromatic rings. The number of halogens is 1. The molecule has 0 radical (unpaired) electrons. The van der Waals surface area contributed by atoms with Crippen LogP contribution in [0.25, 0.3) is 11.0 Å². The van der Waals surface area contributed by atoms with Gasteiger partial charge in [-0.2, -0.15) is 0 Å². The lowest BCUT2D eigenvalue weighted by atomic mass is 10.2. The van der Waals surface area contributed by atoms with E-state index in [0.717, 1.165) is 27.5 Å². The third-order valence-corrected chi connectivity index (χ3v) is 4.31. The van der Waals surface area contributed by atoms with E-state index in [9.17, 15) is 0 Å². The highest BCUT2D eigenvalue weighted by molar-refractivity contribution is 7.98. The Labute approximate surface area is 150 Å². The van der Waals surface area contributed by atoms with Crippen LogP contribution in [-0.4, -0.2) is 36.3 Å². The first-order valence-corrected chi connectivity index (χ1v) is 7.95. The van der Waals surface area contributed by atoms with Gasteiger partial charge >= 0.3 is 0 Å². The van der Waals surface area contributed by atoms with E-state index >= 15 is 0 Å². The molecule has 1 N–H and O–H groups in total. The van der Waals surface area contributed by atoms with Crippen LogP contribution < -0.4 is 14.2 Å². The van der Waals surface area contributed by atoms with Crippen LogP contribution in [0.2, 0.25) is 0 Å². The van der Waals surface area contributed by atoms with E-state index in [4.69, 9.17) is 14.2 Å². The number of aromatic nitrogens is 3. The van der Waals surface area contributed by atoms with E-state index in [1.807, 2.05) is 18.2 Å². The van der Waals surface area contributed by atoms with Crippen molar-refractivity contribution in [1.29, 1.82) is 0 Å². The Hall–Kier alpha value is -2.12. The monoisotopic (exact) mass is 367 g/mol. The maximum atomic E-state index is 5.37. The zero-order valence-electron chi connectivity index (χ0n) is 13.5. The highest BCUT2D eigenvalue weighted by atomic mass is 35.5. The van der Waals surface area contributed by atoms with Crippen molar-refractivity contribution in [2.24, 2.45) is 0 Å². The third-order valence-electron chi connectivity index (χ3n) is 3.36. The quantitative estimate of drug-likeness (QED) is 0.670. The number of pyridine rings is 1. The van der Waals surface area contributed by atoms with Crippen LogP contribution in [0.5, 0.6) is 17.2 Å². The number of thioether (sulfide) groups is 1. The molecule has 0 saturated heterocycles. The maximum absolute atomic E-state index is 5.37. The first-order valence-electron chi connectivity index (χ1n) is 6.96. The lowest BCUT2D eigenvalue weighted by Crippen LogP contribution is -1.96. The van der Waals surface area contributed by atoms with Gasteiger partial charge in [0.05, 0.1) is 33.0 Å². The average Bonchev–Trinajstić information content (AvgIpc) is 3.01. The molecule has 0 aliphatic rings. The minimum absolute atomic E-state index is 0. The van der Waals surface area contributed by atoms with Crippen molar-refractivity contribution < 1.29 is 14.2 Å². The van der Waals surface area contributed by atoms with Gasteiger partial charge in [-0.3, -0.25) is 4.98 Å². The van der Waals surface area contributed by atoms with E-state index in [-0.39, 0.29) is 12.4 Å². The molecule has 0 spiro atoms. The average molecular weight is 368 g/mol. The summed E-state index contributed by atoms with van der Waals surface area (Å²) in [5, 5.41) is 0.849. The molecule has 6 nitrogen and oxygen atoms in total. The number of nitrogens with zero attached hydrogens (tertiary/aromatic N) is 2. The van der Waals surface area contributed by atoms with E-state index in [1.54, 1.807) is 45.5 Å². The number of hydrogen-bond acceptors (Lipinski definition) is 6. The van der Waals surface area contributed by atoms with Gasteiger partial charge in [-0.15, -0.1) is 12.4 Å². The van der Waals surface area contributed by atoms with Crippen LogP contribution in [0.4, 0.5) is 0 Å². The molecule has 1 aromatic carbocycles. The zero-order valence-corrected chi connectivity index (χ0v) is 15.2. The summed E-state index contributed by atoms with van der Waals surface area (Å²) >= 11 is 1.60. The largest absolute Gasteiger partial charge is 0.493 e. The Morgan fingerprint density at radius 1 is 1.08 bits per heavy atom. The summed E-state index contributed by atoms with van der Waals surface area (Å²) < 4.78 is 16.1. The summed E-state index contributed by atoms with van der Waals surface area (Å²) in [4.78, 5) is 11.8. The zero-order chi connectivity index (χ0) is 16.2. The molecular weight excluding hydrogens is 350 g/mol. The Morgan fingerprint density at radius 3 is 2.38 bits per heavy atom. The number of methoxy groups -OCH3 is 3. The van der Waals surface area contributed by atoms with Crippen molar-refractivity contribution in [3.63, 3.8) is 0 Å². The summed E-state index contributed by atoms with van der Waals surface area (Å²) in [5.41, 5.74) is 2.90. The summed E-state index contributed by atoms with van der Waals surface area (Å²) in [5.74, 6) is 2.62. The van der Waals surface area contributed by atoms with Gasteiger partial charge in [0.1, 0.15) is 5.52 Å². The van der Waals surface area contributed by atoms with Gasteiger partial charge in [-0.05, 0) is 23.8 Å². The van der Waals surface area contributed by atoms with Crippen LogP contribution in [-0.2, 0) is 5.75 Å². The number of fused-ring (bicyclic) bond motifs is 1. The van der Waals surface area contributed by atoms with Gasteiger partial charge in [-0.1, -0.05) is 11.8 Å². The van der Waals surface area contributed by atoms with Crippen molar-refractivity contribution in [2.75, 3.05) is 21.3 Å². The van der Waals surface area contributed by atoms with Crippen molar-refractivity contribution >= 4 is 35.2 Å². The van der Waals surface area contributed by atoms with Gasteiger partial charge in [-0.25, -0.2) is 4.98 Å². The van der Waals surface area contributed by atoms with Crippen molar-refractivity contribution in [3.05, 3.63) is 36.2 Å². The molecule has 2 aromatic heterocycles.